The van der Waals surface area contributed by atoms with Crippen LogP contribution in [0.1, 0.15) is 25.1 Å². The van der Waals surface area contributed by atoms with Crippen molar-refractivity contribution in [1.82, 2.24) is 14.8 Å². The molecule has 30 heavy (non-hydrogen) atoms. The maximum atomic E-state index is 12.2. The van der Waals surface area contributed by atoms with E-state index in [4.69, 9.17) is 4.74 Å². The molecule has 0 saturated carbocycles. The molecule has 1 amide bonds. The summed E-state index contributed by atoms with van der Waals surface area (Å²) in [6.07, 6.45) is 4.39. The van der Waals surface area contributed by atoms with E-state index in [1.54, 1.807) is 24.3 Å². The van der Waals surface area contributed by atoms with Gasteiger partial charge in [0.25, 0.3) is 5.91 Å². The fraction of sp³-hybridized carbons (Fsp3) is 0.286. The first-order chi connectivity index (χ1) is 14.6. The topological polar surface area (TPSA) is 112 Å². The number of nitrogens with zero attached hydrogens (tertiary/aromatic N) is 4. The van der Waals surface area contributed by atoms with Crippen molar-refractivity contribution in [1.29, 1.82) is 0 Å². The standard InChI is InChI=1S/C21H21N5O4/c27-20(14-30-18-7-4-3-6-17(18)26(28)29)22-16-11-9-15(10-12-16)21-24-23-19-8-2-1-5-13-25(19)21/h3-4,6-7,9-12H,1-2,5,8,13-14H2,(H,22,27). The molecule has 0 atom stereocenters. The molecule has 2 heterocycles. The number of fused-ring (bicyclic) bond motifs is 1. The van der Waals surface area contributed by atoms with Crippen molar-refractivity contribution in [3.8, 4) is 17.1 Å². The van der Waals surface area contributed by atoms with Crippen molar-refractivity contribution in [3.63, 3.8) is 0 Å². The molecule has 154 valence electrons. The van der Waals surface area contributed by atoms with Crippen LogP contribution in [0.2, 0.25) is 0 Å². The minimum absolute atomic E-state index is 0.0560. The molecule has 1 aliphatic heterocycles. The van der Waals surface area contributed by atoms with Gasteiger partial charge in [0.05, 0.1) is 4.92 Å². The SMILES string of the molecule is O=C(COc1ccccc1[N+](=O)[O-])Nc1ccc(-c2nnc3n2CCCCC3)cc1. The van der Waals surface area contributed by atoms with Crippen LogP contribution in [0, 0.1) is 10.1 Å². The molecular formula is C21H21N5O4. The third kappa shape index (κ3) is 4.29. The van der Waals surface area contributed by atoms with Gasteiger partial charge >= 0.3 is 5.69 Å². The van der Waals surface area contributed by atoms with Crippen molar-refractivity contribution in [2.24, 2.45) is 0 Å². The molecule has 1 N–H and O–H groups in total. The minimum Gasteiger partial charge on any atom is -0.477 e. The van der Waals surface area contributed by atoms with Gasteiger partial charge in [-0.1, -0.05) is 18.6 Å². The van der Waals surface area contributed by atoms with Crippen LogP contribution < -0.4 is 10.1 Å². The predicted molar refractivity (Wildman–Crippen MR) is 110 cm³/mol. The zero-order chi connectivity index (χ0) is 20.9. The Morgan fingerprint density at radius 2 is 1.90 bits per heavy atom. The van der Waals surface area contributed by atoms with Crippen molar-refractivity contribution in [2.45, 2.75) is 32.2 Å². The summed E-state index contributed by atoms with van der Waals surface area (Å²) in [6.45, 7) is 0.587. The van der Waals surface area contributed by atoms with Crippen molar-refractivity contribution in [3.05, 3.63) is 64.5 Å². The Morgan fingerprint density at radius 3 is 2.70 bits per heavy atom. The minimum atomic E-state index is -0.545. The summed E-state index contributed by atoms with van der Waals surface area (Å²) >= 11 is 0. The van der Waals surface area contributed by atoms with Crippen LogP contribution in [-0.4, -0.2) is 32.2 Å². The van der Waals surface area contributed by atoms with E-state index in [1.807, 2.05) is 12.1 Å². The smallest absolute Gasteiger partial charge is 0.310 e. The number of ether oxygens (including phenoxy) is 1. The summed E-state index contributed by atoms with van der Waals surface area (Å²) in [5.74, 6) is 1.51. The second-order valence-corrected chi connectivity index (χ2v) is 7.04. The third-order valence-electron chi connectivity index (χ3n) is 4.96. The number of aryl methyl sites for hydroxylation is 1. The van der Waals surface area contributed by atoms with Crippen LogP contribution in [0.15, 0.2) is 48.5 Å². The first-order valence-corrected chi connectivity index (χ1v) is 9.80. The maximum absolute atomic E-state index is 12.2. The lowest BCUT2D eigenvalue weighted by Gasteiger charge is -2.09. The van der Waals surface area contributed by atoms with Gasteiger partial charge in [-0.05, 0) is 43.2 Å². The van der Waals surface area contributed by atoms with Crippen molar-refractivity contribution >= 4 is 17.3 Å². The Labute approximate surface area is 172 Å². The van der Waals surface area contributed by atoms with E-state index >= 15 is 0 Å². The van der Waals surface area contributed by atoms with Gasteiger partial charge in [0.15, 0.2) is 18.2 Å². The highest BCUT2D eigenvalue weighted by atomic mass is 16.6. The third-order valence-corrected chi connectivity index (χ3v) is 4.96. The van der Waals surface area contributed by atoms with Gasteiger partial charge in [-0.15, -0.1) is 10.2 Å². The van der Waals surface area contributed by atoms with Crippen molar-refractivity contribution in [2.75, 3.05) is 11.9 Å². The van der Waals surface area contributed by atoms with Gasteiger partial charge < -0.3 is 14.6 Å². The second-order valence-electron chi connectivity index (χ2n) is 7.04. The monoisotopic (exact) mass is 407 g/mol. The molecule has 0 spiro atoms. The Morgan fingerprint density at radius 1 is 1.10 bits per heavy atom. The van der Waals surface area contributed by atoms with Crippen LogP contribution in [0.25, 0.3) is 11.4 Å². The van der Waals surface area contributed by atoms with E-state index in [-0.39, 0.29) is 18.0 Å². The van der Waals surface area contributed by atoms with Gasteiger partial charge in [0, 0.05) is 30.3 Å². The number of hydrogen-bond donors (Lipinski definition) is 1. The summed E-state index contributed by atoms with van der Waals surface area (Å²) < 4.78 is 7.48. The van der Waals surface area contributed by atoms with Gasteiger partial charge in [-0.3, -0.25) is 14.9 Å². The van der Waals surface area contributed by atoms with E-state index < -0.39 is 10.8 Å². The number of rotatable bonds is 6. The number of carbonyl (C=O) groups excluding carboxylic acids is 1. The number of anilines is 1. The molecule has 3 aromatic rings. The lowest BCUT2D eigenvalue weighted by atomic mass is 10.2. The highest BCUT2D eigenvalue weighted by Crippen LogP contribution is 2.26. The fourth-order valence-electron chi connectivity index (χ4n) is 3.47. The second kappa shape index (κ2) is 8.73. The number of carbonyl (C=O) groups is 1. The molecule has 4 rings (SSSR count). The number of nitro groups is 1. The van der Waals surface area contributed by atoms with Crippen LogP contribution in [-0.2, 0) is 17.8 Å². The number of benzene rings is 2. The number of nitro benzene ring substituents is 1. The number of nitrogens with one attached hydrogen (secondary N) is 1. The van der Waals surface area contributed by atoms with E-state index in [9.17, 15) is 14.9 Å². The predicted octanol–water partition coefficient (Wildman–Crippen LogP) is 3.60. The average Bonchev–Trinajstić information content (AvgIpc) is 3.01. The molecule has 0 bridgehead atoms. The zero-order valence-electron chi connectivity index (χ0n) is 16.3. The molecule has 0 radical (unpaired) electrons. The fourth-order valence-corrected chi connectivity index (χ4v) is 3.47. The summed E-state index contributed by atoms with van der Waals surface area (Å²) in [4.78, 5) is 22.6. The Hall–Kier alpha value is -3.75. The molecule has 2 aromatic carbocycles. The molecule has 0 saturated heterocycles. The first-order valence-electron chi connectivity index (χ1n) is 9.80. The number of para-hydroxylation sites is 2. The molecule has 1 aromatic heterocycles. The lowest BCUT2D eigenvalue weighted by molar-refractivity contribution is -0.385. The van der Waals surface area contributed by atoms with Gasteiger partial charge in [-0.25, -0.2) is 0 Å². The lowest BCUT2D eigenvalue weighted by Crippen LogP contribution is -2.20. The number of aromatic nitrogens is 3. The van der Waals surface area contributed by atoms with E-state index in [0.717, 1.165) is 43.0 Å². The molecule has 1 aliphatic rings. The van der Waals surface area contributed by atoms with Crippen LogP contribution in [0.3, 0.4) is 0 Å². The average molecular weight is 407 g/mol. The van der Waals surface area contributed by atoms with Gasteiger partial charge in [0.2, 0.25) is 0 Å². The highest BCUT2D eigenvalue weighted by Gasteiger charge is 2.17. The summed E-state index contributed by atoms with van der Waals surface area (Å²) in [5.41, 5.74) is 1.36. The molecule has 0 aliphatic carbocycles. The van der Waals surface area contributed by atoms with Gasteiger partial charge in [-0.2, -0.15) is 0 Å². The zero-order valence-corrected chi connectivity index (χ0v) is 16.3. The van der Waals surface area contributed by atoms with Crippen molar-refractivity contribution < 1.29 is 14.5 Å². The van der Waals surface area contributed by atoms with Crippen LogP contribution >= 0.6 is 0 Å². The van der Waals surface area contributed by atoms with E-state index in [1.165, 1.54) is 18.6 Å². The van der Waals surface area contributed by atoms with Gasteiger partial charge in [0.1, 0.15) is 5.82 Å². The van der Waals surface area contributed by atoms with E-state index in [2.05, 4.69) is 20.1 Å². The quantitative estimate of drug-likeness (QED) is 0.494. The summed E-state index contributed by atoms with van der Waals surface area (Å²) in [7, 11) is 0. The molecule has 9 heteroatoms. The molecule has 0 fully saturated rings. The number of hydrogen-bond acceptors (Lipinski definition) is 6. The first kappa shape index (κ1) is 19.6. The van der Waals surface area contributed by atoms with Crippen LogP contribution in [0.4, 0.5) is 11.4 Å². The van der Waals surface area contributed by atoms with E-state index in [0.29, 0.717) is 5.69 Å². The Kier molecular flexibility index (Phi) is 5.69. The Balaban J connectivity index is 1.39. The highest BCUT2D eigenvalue weighted by molar-refractivity contribution is 5.92. The number of amides is 1. The summed E-state index contributed by atoms with van der Waals surface area (Å²) in [5, 5.41) is 22.4. The largest absolute Gasteiger partial charge is 0.477 e. The normalized spacial score (nSPS) is 13.2. The summed E-state index contributed by atoms with van der Waals surface area (Å²) in [6, 6.07) is 13.3. The molecule has 0 unspecified atom stereocenters. The Bertz CT molecular complexity index is 1060. The van der Waals surface area contributed by atoms with Crippen LogP contribution in [0.5, 0.6) is 5.75 Å². The maximum Gasteiger partial charge on any atom is 0.310 e. The molecular weight excluding hydrogens is 386 g/mol. The molecule has 9 nitrogen and oxygen atoms in total.